The monoisotopic (exact) mass is 488 g/mol. The third-order valence-corrected chi connectivity index (χ3v) is 7.01. The Labute approximate surface area is 214 Å². The predicted octanol–water partition coefficient (Wildman–Crippen LogP) is 8.92. The van der Waals surface area contributed by atoms with Crippen LogP contribution in [0, 0.1) is 0 Å². The molecule has 0 aromatic heterocycles. The van der Waals surface area contributed by atoms with E-state index < -0.39 is 11.9 Å². The van der Waals surface area contributed by atoms with Crippen LogP contribution in [0.25, 0.3) is 0 Å². The molecule has 0 aliphatic heterocycles. The summed E-state index contributed by atoms with van der Waals surface area (Å²) in [6.07, 6.45) is 24.0. The number of benzene rings is 1. The quantitative estimate of drug-likeness (QED) is 0.142. The normalized spacial score (nSPS) is 11.1. The first-order valence-electron chi connectivity index (χ1n) is 14.6. The van der Waals surface area contributed by atoms with Crippen LogP contribution < -0.4 is 0 Å². The minimum absolute atomic E-state index is 0.302. The highest BCUT2D eigenvalue weighted by atomic mass is 16.4. The van der Waals surface area contributed by atoms with Crippen molar-refractivity contribution in [3.05, 3.63) is 34.9 Å². The van der Waals surface area contributed by atoms with Crippen LogP contribution in [-0.4, -0.2) is 22.2 Å². The van der Waals surface area contributed by atoms with E-state index in [4.69, 9.17) is 10.2 Å². The zero-order valence-electron chi connectivity index (χ0n) is 22.5. The van der Waals surface area contributed by atoms with Crippen molar-refractivity contribution in [3.8, 4) is 0 Å². The molecule has 0 radical (unpaired) electrons. The van der Waals surface area contributed by atoms with Crippen molar-refractivity contribution in [2.75, 3.05) is 0 Å². The van der Waals surface area contributed by atoms with Gasteiger partial charge in [-0.05, 0) is 68.1 Å². The van der Waals surface area contributed by atoms with Crippen molar-refractivity contribution in [1.29, 1.82) is 0 Å². The van der Waals surface area contributed by atoms with E-state index in [0.717, 1.165) is 51.4 Å². The third kappa shape index (κ3) is 18.1. The lowest BCUT2D eigenvalue weighted by atomic mass is 9.93. The molecule has 0 atom stereocenters. The van der Waals surface area contributed by atoms with Gasteiger partial charge in [-0.3, -0.25) is 9.59 Å². The van der Waals surface area contributed by atoms with Crippen molar-refractivity contribution >= 4 is 11.9 Å². The summed E-state index contributed by atoms with van der Waals surface area (Å²) in [6, 6.07) is 7.22. The molecule has 0 bridgehead atoms. The second-order valence-electron chi connectivity index (χ2n) is 10.3. The molecule has 0 heterocycles. The predicted molar refractivity (Wildman–Crippen MR) is 146 cm³/mol. The Bertz CT molecular complexity index is 683. The van der Waals surface area contributed by atoms with Gasteiger partial charge in [0.15, 0.2) is 0 Å². The number of aliphatic carboxylic acids is 2. The van der Waals surface area contributed by atoms with Gasteiger partial charge in [0.1, 0.15) is 0 Å². The molecule has 2 N–H and O–H groups in total. The molecule has 0 saturated carbocycles. The zero-order valence-corrected chi connectivity index (χ0v) is 22.5. The molecule has 4 heteroatoms. The van der Waals surface area contributed by atoms with E-state index in [-0.39, 0.29) is 0 Å². The van der Waals surface area contributed by atoms with E-state index in [2.05, 4.69) is 25.1 Å². The third-order valence-electron chi connectivity index (χ3n) is 7.01. The molecule has 0 fully saturated rings. The van der Waals surface area contributed by atoms with Gasteiger partial charge in [-0.2, -0.15) is 0 Å². The maximum Gasteiger partial charge on any atom is 0.303 e. The molecule has 1 aromatic carbocycles. The van der Waals surface area contributed by atoms with E-state index in [9.17, 15) is 9.59 Å². The largest absolute Gasteiger partial charge is 0.481 e. The van der Waals surface area contributed by atoms with Gasteiger partial charge in [0, 0.05) is 12.8 Å². The smallest absolute Gasteiger partial charge is 0.303 e. The van der Waals surface area contributed by atoms with Crippen LogP contribution >= 0.6 is 0 Å². The van der Waals surface area contributed by atoms with Gasteiger partial charge < -0.3 is 10.2 Å². The summed E-state index contributed by atoms with van der Waals surface area (Å²) in [5, 5.41) is 17.5. The minimum Gasteiger partial charge on any atom is -0.481 e. The summed E-state index contributed by atoms with van der Waals surface area (Å²) in [4.78, 5) is 21.2. The lowest BCUT2D eigenvalue weighted by Gasteiger charge is -2.13. The van der Waals surface area contributed by atoms with E-state index in [1.54, 1.807) is 5.56 Å². The van der Waals surface area contributed by atoms with Gasteiger partial charge in [0.05, 0.1) is 0 Å². The van der Waals surface area contributed by atoms with E-state index in [1.165, 1.54) is 88.2 Å². The Morgan fingerprint density at radius 2 is 0.971 bits per heavy atom. The number of carbonyl (C=O) groups is 2. The van der Waals surface area contributed by atoms with Gasteiger partial charge >= 0.3 is 11.9 Å². The summed E-state index contributed by atoms with van der Waals surface area (Å²) in [6.45, 7) is 2.26. The molecule has 1 aromatic rings. The topological polar surface area (TPSA) is 74.6 Å². The number of hydrogen-bond acceptors (Lipinski definition) is 2. The first-order chi connectivity index (χ1) is 17.0. The molecule has 35 heavy (non-hydrogen) atoms. The van der Waals surface area contributed by atoms with Crippen molar-refractivity contribution in [2.24, 2.45) is 0 Å². The molecule has 0 aliphatic carbocycles. The Kier molecular flexibility index (Phi) is 19.1. The van der Waals surface area contributed by atoms with Crippen LogP contribution in [-0.2, 0) is 28.9 Å². The van der Waals surface area contributed by atoms with Crippen molar-refractivity contribution < 1.29 is 19.8 Å². The van der Waals surface area contributed by atoms with Crippen molar-refractivity contribution in [2.45, 2.75) is 148 Å². The standard InChI is InChI=1S/C31H52O4/c1-2-3-4-9-14-19-27-24-25-28(20-15-10-5-7-12-17-22-30(32)33)29(26-27)21-16-11-6-8-13-18-23-31(34)35/h24-26H,2-23H2,1H3,(H,32,33)(H,34,35). The summed E-state index contributed by atoms with van der Waals surface area (Å²) in [5.41, 5.74) is 4.56. The fraction of sp³-hybridized carbons (Fsp3) is 0.742. The highest BCUT2D eigenvalue weighted by Crippen LogP contribution is 2.21. The number of aryl methyl sites for hydroxylation is 3. The summed E-state index contributed by atoms with van der Waals surface area (Å²) in [5.74, 6) is -1.36. The van der Waals surface area contributed by atoms with Gasteiger partial charge in [-0.15, -0.1) is 0 Å². The summed E-state index contributed by atoms with van der Waals surface area (Å²) in [7, 11) is 0. The van der Waals surface area contributed by atoms with Crippen molar-refractivity contribution in [3.63, 3.8) is 0 Å². The Balaban J connectivity index is 2.43. The van der Waals surface area contributed by atoms with Crippen LogP contribution in [0.1, 0.15) is 146 Å². The number of carboxylic acid groups (broad SMARTS) is 2. The molecule has 4 nitrogen and oxygen atoms in total. The SMILES string of the molecule is CCCCCCCc1ccc(CCCCCCCCC(=O)O)c(CCCCCCCCC(=O)O)c1. The number of unbranched alkanes of at least 4 members (excludes halogenated alkanes) is 14. The first kappa shape index (κ1) is 31.2. The molecular weight excluding hydrogens is 436 g/mol. The maximum atomic E-state index is 10.6. The summed E-state index contributed by atoms with van der Waals surface area (Å²) < 4.78 is 0. The van der Waals surface area contributed by atoms with Crippen LogP contribution in [0.3, 0.4) is 0 Å². The Morgan fingerprint density at radius 3 is 1.49 bits per heavy atom. The van der Waals surface area contributed by atoms with E-state index in [1.807, 2.05) is 0 Å². The molecule has 0 unspecified atom stereocenters. The van der Waals surface area contributed by atoms with Gasteiger partial charge in [-0.1, -0.05) is 102 Å². The molecule has 0 saturated heterocycles. The molecule has 0 aliphatic rings. The van der Waals surface area contributed by atoms with Crippen LogP contribution in [0.2, 0.25) is 0 Å². The second kappa shape index (κ2) is 21.4. The number of carboxylic acids is 2. The lowest BCUT2D eigenvalue weighted by molar-refractivity contribution is -0.138. The number of rotatable bonds is 24. The highest BCUT2D eigenvalue weighted by molar-refractivity contribution is 5.66. The fourth-order valence-corrected chi connectivity index (χ4v) is 4.84. The van der Waals surface area contributed by atoms with Crippen molar-refractivity contribution in [1.82, 2.24) is 0 Å². The average molecular weight is 489 g/mol. The first-order valence-corrected chi connectivity index (χ1v) is 14.6. The van der Waals surface area contributed by atoms with E-state index >= 15 is 0 Å². The average Bonchev–Trinajstić information content (AvgIpc) is 2.82. The van der Waals surface area contributed by atoms with Crippen LogP contribution in [0.5, 0.6) is 0 Å². The van der Waals surface area contributed by atoms with Gasteiger partial charge in [0.2, 0.25) is 0 Å². The molecular formula is C31H52O4. The Morgan fingerprint density at radius 1 is 0.543 bits per heavy atom. The second-order valence-corrected chi connectivity index (χ2v) is 10.3. The van der Waals surface area contributed by atoms with Gasteiger partial charge in [0.25, 0.3) is 0 Å². The molecule has 0 spiro atoms. The Hall–Kier alpha value is -1.84. The highest BCUT2D eigenvalue weighted by Gasteiger charge is 2.06. The fourth-order valence-electron chi connectivity index (χ4n) is 4.84. The minimum atomic E-state index is -0.680. The van der Waals surface area contributed by atoms with Gasteiger partial charge in [-0.25, -0.2) is 0 Å². The molecule has 0 amide bonds. The van der Waals surface area contributed by atoms with E-state index in [0.29, 0.717) is 12.8 Å². The zero-order chi connectivity index (χ0) is 25.6. The summed E-state index contributed by atoms with van der Waals surface area (Å²) >= 11 is 0. The molecule has 1 rings (SSSR count). The maximum absolute atomic E-state index is 10.6. The lowest BCUT2D eigenvalue weighted by Crippen LogP contribution is -1.99. The molecule has 200 valence electrons. The van der Waals surface area contributed by atoms with Crippen LogP contribution in [0.15, 0.2) is 18.2 Å². The van der Waals surface area contributed by atoms with Crippen LogP contribution in [0.4, 0.5) is 0 Å². The number of hydrogen-bond donors (Lipinski definition) is 2.